The second-order valence-corrected chi connectivity index (χ2v) is 5.28. The minimum Gasteiger partial charge on any atom is -0.313 e. The minimum absolute atomic E-state index is 0.630. The average Bonchev–Trinajstić information content (AvgIpc) is 2.18. The Bertz CT molecular complexity index is 116. The summed E-state index contributed by atoms with van der Waals surface area (Å²) < 4.78 is 1.20. The molecule has 0 aliphatic rings. The molecule has 1 nitrogen and oxygen atoms in total. The molecule has 13 heavy (non-hydrogen) atoms. The smallest absolute Gasteiger partial charge is 0.144 e. The van der Waals surface area contributed by atoms with Crippen molar-refractivity contribution >= 4 is 31.9 Å². The summed E-state index contributed by atoms with van der Waals surface area (Å²) in [7, 11) is 0. The fourth-order valence-corrected chi connectivity index (χ4v) is 3.30. The number of halogens is 2. The van der Waals surface area contributed by atoms with E-state index in [1.807, 2.05) is 0 Å². The molecule has 0 bridgehead atoms. The van der Waals surface area contributed by atoms with Gasteiger partial charge in [0.2, 0.25) is 0 Å². The van der Waals surface area contributed by atoms with E-state index in [1.165, 1.54) is 37.0 Å². The fourth-order valence-electron chi connectivity index (χ4n) is 1.78. The van der Waals surface area contributed by atoms with Gasteiger partial charge in [-0.1, -0.05) is 15.9 Å². The molecule has 0 N–H and O–H groups in total. The predicted octanol–water partition coefficient (Wildman–Crippen LogP) is 3.76. The topological polar surface area (TPSA) is 0 Å². The second-order valence-electron chi connectivity index (χ2n) is 3.43. The van der Waals surface area contributed by atoms with Crippen molar-refractivity contribution in [2.24, 2.45) is 0 Å². The molecule has 1 atom stereocenters. The molecule has 80 valence electrons. The first-order chi connectivity index (χ1) is 6.16. The van der Waals surface area contributed by atoms with Gasteiger partial charge >= 0.3 is 0 Å². The summed E-state index contributed by atoms with van der Waals surface area (Å²) in [5, 5.41) is 1.12. The number of quaternary nitrogens is 1. The Labute approximate surface area is 99.7 Å². The number of alkyl halides is 2. The van der Waals surface area contributed by atoms with Gasteiger partial charge in [0, 0.05) is 11.8 Å². The molecule has 0 rings (SSSR count). The Hall–Kier alpha value is 0.920. The largest absolute Gasteiger partial charge is 0.313 e. The predicted molar refractivity (Wildman–Crippen MR) is 67.6 cm³/mol. The zero-order valence-corrected chi connectivity index (χ0v) is 12.2. The van der Waals surface area contributed by atoms with Gasteiger partial charge in [0.25, 0.3) is 0 Å². The van der Waals surface area contributed by atoms with Gasteiger partial charge in [0.15, 0.2) is 0 Å². The lowest BCUT2D eigenvalue weighted by atomic mass is 10.2. The summed E-state index contributed by atoms with van der Waals surface area (Å²) in [6.45, 7) is 10.5. The standard InChI is InChI=1S/C10H22Br2N/c1-4-13(5-2,6-3)10(12)8-7-9-11/h10H,4-9H2,1-3H3/q+1. The van der Waals surface area contributed by atoms with Gasteiger partial charge in [-0.3, -0.25) is 0 Å². The van der Waals surface area contributed by atoms with Crippen LogP contribution in [-0.4, -0.2) is 34.4 Å². The quantitative estimate of drug-likeness (QED) is 0.381. The van der Waals surface area contributed by atoms with E-state index < -0.39 is 0 Å². The van der Waals surface area contributed by atoms with Crippen LogP contribution < -0.4 is 0 Å². The molecule has 0 saturated carbocycles. The lowest BCUT2D eigenvalue weighted by Gasteiger charge is -2.40. The Balaban J connectivity index is 4.17. The highest BCUT2D eigenvalue weighted by atomic mass is 79.9. The normalized spacial score (nSPS) is 14.5. The van der Waals surface area contributed by atoms with Crippen molar-refractivity contribution < 1.29 is 4.48 Å². The van der Waals surface area contributed by atoms with E-state index in [0.29, 0.717) is 4.95 Å². The number of rotatable bonds is 7. The summed E-state index contributed by atoms with van der Waals surface area (Å²) in [6.07, 6.45) is 2.52. The average molecular weight is 316 g/mol. The van der Waals surface area contributed by atoms with Crippen LogP contribution in [0.5, 0.6) is 0 Å². The Morgan fingerprint density at radius 1 is 1.08 bits per heavy atom. The maximum atomic E-state index is 3.83. The maximum Gasteiger partial charge on any atom is 0.144 e. The highest BCUT2D eigenvalue weighted by molar-refractivity contribution is 9.09. The van der Waals surface area contributed by atoms with E-state index in [1.54, 1.807) is 0 Å². The lowest BCUT2D eigenvalue weighted by Crippen LogP contribution is -2.52. The molecule has 0 spiro atoms. The first-order valence-electron chi connectivity index (χ1n) is 5.22. The molecule has 3 heteroatoms. The van der Waals surface area contributed by atoms with Crippen LogP contribution in [0.3, 0.4) is 0 Å². The van der Waals surface area contributed by atoms with Gasteiger partial charge in [-0.05, 0) is 43.1 Å². The van der Waals surface area contributed by atoms with Crippen LogP contribution in [0.1, 0.15) is 33.6 Å². The zero-order valence-electron chi connectivity index (χ0n) is 9.02. The molecule has 0 amide bonds. The summed E-state index contributed by atoms with van der Waals surface area (Å²) in [4.78, 5) is 0.630. The number of hydrogen-bond acceptors (Lipinski definition) is 0. The third-order valence-electron chi connectivity index (χ3n) is 3.06. The van der Waals surface area contributed by atoms with Crippen LogP contribution >= 0.6 is 31.9 Å². The molecular weight excluding hydrogens is 294 g/mol. The molecule has 0 aromatic carbocycles. The fraction of sp³-hybridized carbons (Fsp3) is 1.00. The summed E-state index contributed by atoms with van der Waals surface area (Å²) in [5.74, 6) is 0. The Kier molecular flexibility index (Phi) is 7.76. The Morgan fingerprint density at radius 3 is 1.85 bits per heavy atom. The van der Waals surface area contributed by atoms with Crippen molar-refractivity contribution in [3.63, 3.8) is 0 Å². The Morgan fingerprint density at radius 2 is 1.54 bits per heavy atom. The monoisotopic (exact) mass is 314 g/mol. The van der Waals surface area contributed by atoms with Gasteiger partial charge in [0.1, 0.15) is 4.95 Å². The van der Waals surface area contributed by atoms with Crippen LogP contribution in [0.4, 0.5) is 0 Å². The van der Waals surface area contributed by atoms with Crippen molar-refractivity contribution in [1.29, 1.82) is 0 Å². The summed E-state index contributed by atoms with van der Waals surface area (Å²) >= 11 is 7.32. The molecule has 0 aliphatic heterocycles. The number of hydrogen-bond donors (Lipinski definition) is 0. The highest BCUT2D eigenvalue weighted by Crippen LogP contribution is 2.23. The van der Waals surface area contributed by atoms with E-state index in [0.717, 1.165) is 5.33 Å². The van der Waals surface area contributed by atoms with E-state index >= 15 is 0 Å². The van der Waals surface area contributed by atoms with Gasteiger partial charge in [-0.2, -0.15) is 0 Å². The van der Waals surface area contributed by atoms with Crippen molar-refractivity contribution in [3.05, 3.63) is 0 Å². The van der Waals surface area contributed by atoms with Gasteiger partial charge in [-0.25, -0.2) is 0 Å². The first-order valence-corrected chi connectivity index (χ1v) is 7.26. The molecule has 0 aromatic heterocycles. The maximum absolute atomic E-state index is 3.83. The third kappa shape index (κ3) is 3.88. The van der Waals surface area contributed by atoms with Crippen LogP contribution in [0.15, 0.2) is 0 Å². The first kappa shape index (κ1) is 13.9. The SMILES string of the molecule is CC[N+](CC)(CC)C(Br)CCCBr. The molecule has 0 radical (unpaired) electrons. The van der Waals surface area contributed by atoms with Crippen molar-refractivity contribution in [2.75, 3.05) is 25.0 Å². The molecule has 0 aromatic rings. The van der Waals surface area contributed by atoms with Gasteiger partial charge in [0.05, 0.1) is 19.6 Å². The summed E-state index contributed by atoms with van der Waals surface area (Å²) in [5.41, 5.74) is 0. The molecule has 1 unspecified atom stereocenters. The molecular formula is C10H22Br2N+. The lowest BCUT2D eigenvalue weighted by molar-refractivity contribution is -0.931. The van der Waals surface area contributed by atoms with E-state index in [4.69, 9.17) is 0 Å². The third-order valence-corrected chi connectivity index (χ3v) is 4.95. The zero-order chi connectivity index (χ0) is 10.3. The van der Waals surface area contributed by atoms with Crippen molar-refractivity contribution in [3.8, 4) is 0 Å². The van der Waals surface area contributed by atoms with Crippen LogP contribution in [-0.2, 0) is 0 Å². The molecule has 0 saturated heterocycles. The molecule has 0 aliphatic carbocycles. The van der Waals surface area contributed by atoms with Crippen LogP contribution in [0, 0.1) is 0 Å². The summed E-state index contributed by atoms with van der Waals surface area (Å²) in [6, 6.07) is 0. The van der Waals surface area contributed by atoms with Gasteiger partial charge < -0.3 is 4.48 Å². The van der Waals surface area contributed by atoms with E-state index in [-0.39, 0.29) is 0 Å². The molecule has 0 fully saturated rings. The molecule has 0 heterocycles. The second kappa shape index (κ2) is 7.24. The highest BCUT2D eigenvalue weighted by Gasteiger charge is 2.29. The van der Waals surface area contributed by atoms with Gasteiger partial charge in [-0.15, -0.1) is 0 Å². The van der Waals surface area contributed by atoms with E-state index in [9.17, 15) is 0 Å². The number of nitrogens with zero attached hydrogens (tertiary/aromatic N) is 1. The van der Waals surface area contributed by atoms with Crippen molar-refractivity contribution in [1.82, 2.24) is 0 Å². The van der Waals surface area contributed by atoms with E-state index in [2.05, 4.69) is 52.6 Å². The van der Waals surface area contributed by atoms with Crippen molar-refractivity contribution in [2.45, 2.75) is 38.6 Å². The van der Waals surface area contributed by atoms with Crippen LogP contribution in [0.25, 0.3) is 0 Å². The van der Waals surface area contributed by atoms with Crippen LogP contribution in [0.2, 0.25) is 0 Å². The minimum atomic E-state index is 0.630.